The van der Waals surface area contributed by atoms with Gasteiger partial charge in [-0.15, -0.1) is 0 Å². The Labute approximate surface area is 97.7 Å². The molecule has 90 valence electrons. The van der Waals surface area contributed by atoms with Gasteiger partial charge in [0.05, 0.1) is 6.61 Å². The predicted octanol–water partition coefficient (Wildman–Crippen LogP) is 1.82. The molecule has 0 saturated heterocycles. The number of nitrogens with one attached hydrogen (secondary N) is 1. The van der Waals surface area contributed by atoms with Crippen molar-refractivity contribution in [2.24, 2.45) is 5.73 Å². The lowest BCUT2D eigenvalue weighted by Crippen LogP contribution is -2.24. The minimum Gasteiger partial charge on any atom is -0.395 e. The molecule has 0 aliphatic heterocycles. The van der Waals surface area contributed by atoms with Gasteiger partial charge >= 0.3 is 0 Å². The van der Waals surface area contributed by atoms with Crippen LogP contribution in [0.2, 0.25) is 0 Å². The zero-order chi connectivity index (χ0) is 12.0. The molecule has 0 aliphatic carbocycles. The van der Waals surface area contributed by atoms with Crippen molar-refractivity contribution in [1.82, 2.24) is 0 Å². The average molecular weight is 222 g/mol. The van der Waals surface area contributed by atoms with Crippen LogP contribution < -0.4 is 11.1 Å². The van der Waals surface area contributed by atoms with E-state index in [2.05, 4.69) is 37.4 Å². The van der Waals surface area contributed by atoms with Crippen LogP contribution in [0.15, 0.2) is 18.2 Å². The van der Waals surface area contributed by atoms with Crippen molar-refractivity contribution in [3.8, 4) is 0 Å². The van der Waals surface area contributed by atoms with Crippen LogP contribution in [-0.2, 0) is 0 Å². The van der Waals surface area contributed by atoms with Crippen LogP contribution in [0.1, 0.15) is 24.0 Å². The van der Waals surface area contributed by atoms with Crippen molar-refractivity contribution in [2.45, 2.75) is 32.7 Å². The lowest BCUT2D eigenvalue weighted by molar-refractivity contribution is 0.259. The second-order valence-electron chi connectivity index (χ2n) is 4.28. The minimum atomic E-state index is -0.0835. The molecule has 1 rings (SSSR count). The number of nitrogens with two attached hydrogens (primary N) is 1. The number of aliphatic hydroxyl groups excluding tert-OH is 1. The fourth-order valence-electron chi connectivity index (χ4n) is 1.76. The monoisotopic (exact) mass is 222 g/mol. The highest BCUT2D eigenvalue weighted by Crippen LogP contribution is 2.19. The van der Waals surface area contributed by atoms with Crippen molar-refractivity contribution in [3.05, 3.63) is 29.3 Å². The van der Waals surface area contributed by atoms with Crippen LogP contribution in [-0.4, -0.2) is 24.3 Å². The largest absolute Gasteiger partial charge is 0.395 e. The number of aryl methyl sites for hydroxylation is 2. The van der Waals surface area contributed by atoms with Crippen LogP contribution in [0, 0.1) is 13.8 Å². The van der Waals surface area contributed by atoms with Crippen molar-refractivity contribution >= 4 is 5.69 Å². The number of hydrogen-bond acceptors (Lipinski definition) is 3. The van der Waals surface area contributed by atoms with Crippen LogP contribution >= 0.6 is 0 Å². The smallest absolute Gasteiger partial charge is 0.0582 e. The molecule has 1 atom stereocenters. The number of anilines is 1. The number of hydrogen-bond donors (Lipinski definition) is 3. The van der Waals surface area contributed by atoms with E-state index in [9.17, 15) is 0 Å². The highest BCUT2D eigenvalue weighted by Gasteiger charge is 2.02. The van der Waals surface area contributed by atoms with E-state index in [1.807, 2.05) is 0 Å². The molecule has 0 fully saturated rings. The number of rotatable bonds is 6. The number of benzene rings is 1. The summed E-state index contributed by atoms with van der Waals surface area (Å²) in [5.41, 5.74) is 9.40. The summed E-state index contributed by atoms with van der Waals surface area (Å²) in [5.74, 6) is 0. The van der Waals surface area contributed by atoms with Gasteiger partial charge in [0.25, 0.3) is 0 Å². The van der Waals surface area contributed by atoms with Gasteiger partial charge in [-0.25, -0.2) is 0 Å². The maximum Gasteiger partial charge on any atom is 0.0582 e. The van der Waals surface area contributed by atoms with E-state index in [1.54, 1.807) is 0 Å². The molecule has 0 spiro atoms. The molecular formula is C13H22N2O. The standard InChI is InChI=1S/C13H22N2O/c1-10-5-3-6-11(2)13(10)15-8-4-7-12(14)9-16/h3,5-6,12,15-16H,4,7-9,14H2,1-2H3/t12-/m0/s1. The lowest BCUT2D eigenvalue weighted by atomic mass is 10.1. The molecule has 1 aromatic carbocycles. The molecule has 1 aromatic rings. The van der Waals surface area contributed by atoms with Crippen molar-refractivity contribution < 1.29 is 5.11 Å². The third kappa shape index (κ3) is 3.83. The van der Waals surface area contributed by atoms with Gasteiger partial charge < -0.3 is 16.2 Å². The van der Waals surface area contributed by atoms with Gasteiger partial charge in [0.15, 0.2) is 0 Å². The summed E-state index contributed by atoms with van der Waals surface area (Å²) in [6, 6.07) is 6.20. The Morgan fingerprint density at radius 1 is 1.31 bits per heavy atom. The van der Waals surface area contributed by atoms with Gasteiger partial charge in [-0.2, -0.15) is 0 Å². The number of aliphatic hydroxyl groups is 1. The summed E-state index contributed by atoms with van der Waals surface area (Å²) in [6.07, 6.45) is 1.84. The van der Waals surface area contributed by atoms with Crippen molar-refractivity contribution in [3.63, 3.8) is 0 Å². The molecule has 4 N–H and O–H groups in total. The van der Waals surface area contributed by atoms with E-state index in [0.717, 1.165) is 19.4 Å². The quantitative estimate of drug-likeness (QED) is 0.643. The van der Waals surface area contributed by atoms with Crippen LogP contribution in [0.25, 0.3) is 0 Å². The Kier molecular flexibility index (Phi) is 5.29. The highest BCUT2D eigenvalue weighted by molar-refractivity contribution is 5.56. The normalized spacial score (nSPS) is 12.5. The molecule has 3 nitrogen and oxygen atoms in total. The third-order valence-corrected chi connectivity index (χ3v) is 2.77. The second-order valence-corrected chi connectivity index (χ2v) is 4.28. The molecule has 0 radical (unpaired) electrons. The van der Waals surface area contributed by atoms with Crippen molar-refractivity contribution in [2.75, 3.05) is 18.5 Å². The van der Waals surface area contributed by atoms with Crippen LogP contribution in [0.5, 0.6) is 0 Å². The highest BCUT2D eigenvalue weighted by atomic mass is 16.3. The van der Waals surface area contributed by atoms with E-state index in [1.165, 1.54) is 16.8 Å². The van der Waals surface area contributed by atoms with Gasteiger partial charge in [-0.05, 0) is 37.8 Å². The summed E-state index contributed by atoms with van der Waals surface area (Å²) < 4.78 is 0. The van der Waals surface area contributed by atoms with Crippen LogP contribution in [0.3, 0.4) is 0 Å². The topological polar surface area (TPSA) is 58.3 Å². The summed E-state index contributed by atoms with van der Waals surface area (Å²) in [5, 5.41) is 12.2. The Balaban J connectivity index is 2.37. The Morgan fingerprint density at radius 2 is 1.94 bits per heavy atom. The second kappa shape index (κ2) is 6.51. The van der Waals surface area contributed by atoms with E-state index < -0.39 is 0 Å². The summed E-state index contributed by atoms with van der Waals surface area (Å²) in [7, 11) is 0. The van der Waals surface area contributed by atoms with Gasteiger partial charge in [0.1, 0.15) is 0 Å². The summed E-state index contributed by atoms with van der Waals surface area (Å²) in [4.78, 5) is 0. The Hall–Kier alpha value is -1.06. The molecule has 3 heteroatoms. The molecule has 0 heterocycles. The minimum absolute atomic E-state index is 0.0728. The molecule has 0 aliphatic rings. The molecule has 0 saturated carbocycles. The van der Waals surface area contributed by atoms with Crippen molar-refractivity contribution in [1.29, 1.82) is 0 Å². The fourth-order valence-corrected chi connectivity index (χ4v) is 1.76. The molecule has 0 amide bonds. The lowest BCUT2D eigenvalue weighted by Gasteiger charge is -2.13. The first-order valence-corrected chi connectivity index (χ1v) is 5.81. The first-order chi connectivity index (χ1) is 7.65. The molecule has 0 bridgehead atoms. The molecule has 0 aromatic heterocycles. The number of para-hydroxylation sites is 1. The van der Waals surface area contributed by atoms with Gasteiger partial charge in [-0.1, -0.05) is 18.2 Å². The van der Waals surface area contributed by atoms with E-state index in [-0.39, 0.29) is 12.6 Å². The first kappa shape index (κ1) is 13.0. The Morgan fingerprint density at radius 3 is 2.50 bits per heavy atom. The zero-order valence-corrected chi connectivity index (χ0v) is 10.2. The van der Waals surface area contributed by atoms with Gasteiger partial charge in [0.2, 0.25) is 0 Å². The van der Waals surface area contributed by atoms with E-state index in [0.29, 0.717) is 0 Å². The van der Waals surface area contributed by atoms with E-state index in [4.69, 9.17) is 10.8 Å². The Bertz CT molecular complexity index is 305. The maximum atomic E-state index is 8.79. The van der Waals surface area contributed by atoms with E-state index >= 15 is 0 Å². The van der Waals surface area contributed by atoms with Crippen LogP contribution in [0.4, 0.5) is 5.69 Å². The maximum absolute atomic E-state index is 8.79. The molecule has 0 unspecified atom stereocenters. The molecular weight excluding hydrogens is 200 g/mol. The summed E-state index contributed by atoms with van der Waals surface area (Å²) >= 11 is 0. The van der Waals surface area contributed by atoms with Gasteiger partial charge in [0, 0.05) is 18.3 Å². The SMILES string of the molecule is Cc1cccc(C)c1NCCC[C@H](N)CO. The first-order valence-electron chi connectivity index (χ1n) is 5.81. The third-order valence-electron chi connectivity index (χ3n) is 2.77. The average Bonchev–Trinajstić information content (AvgIpc) is 2.27. The summed E-state index contributed by atoms with van der Waals surface area (Å²) in [6.45, 7) is 5.19. The zero-order valence-electron chi connectivity index (χ0n) is 10.2. The fraction of sp³-hybridized carbons (Fsp3) is 0.538. The predicted molar refractivity (Wildman–Crippen MR) is 68.7 cm³/mol. The molecule has 16 heavy (non-hydrogen) atoms. The van der Waals surface area contributed by atoms with Gasteiger partial charge in [-0.3, -0.25) is 0 Å².